The van der Waals surface area contributed by atoms with Gasteiger partial charge in [0, 0.05) is 5.56 Å². The molecule has 6 heteroatoms. The van der Waals surface area contributed by atoms with Crippen molar-refractivity contribution in [3.05, 3.63) is 96.6 Å². The van der Waals surface area contributed by atoms with Crippen LogP contribution < -0.4 is 11.6 Å². The number of fused-ring (bicyclic) bond motifs is 3. The molecule has 0 aliphatic carbocycles. The van der Waals surface area contributed by atoms with Crippen LogP contribution in [-0.4, -0.2) is 37.6 Å². The van der Waals surface area contributed by atoms with Gasteiger partial charge in [0.1, 0.15) is 0 Å². The van der Waals surface area contributed by atoms with E-state index < -0.39 is 39.0 Å². The van der Waals surface area contributed by atoms with E-state index in [1.54, 1.807) is 42.5 Å². The second-order valence-corrected chi connectivity index (χ2v) is 12.9. The molecule has 0 N–H and O–H groups in total. The van der Waals surface area contributed by atoms with Gasteiger partial charge in [0.2, 0.25) is 0 Å². The molecule has 142 valence electrons. The number of benzene rings is 4. The van der Waals surface area contributed by atoms with Gasteiger partial charge in [-0.25, -0.2) is 0 Å². The number of carbonyl (C=O) groups is 1. The van der Waals surface area contributed by atoms with E-state index in [1.807, 2.05) is 48.5 Å². The first-order valence-electron chi connectivity index (χ1n) is 8.82. The molecule has 4 aromatic carbocycles. The van der Waals surface area contributed by atoms with Crippen molar-refractivity contribution in [1.82, 2.24) is 0 Å². The Labute approximate surface area is 180 Å². The molecule has 1 aliphatic heterocycles. The predicted molar refractivity (Wildman–Crippen MR) is 112 cm³/mol. The molecule has 0 saturated carbocycles. The minimum absolute atomic E-state index is 0.248. The fourth-order valence-corrected chi connectivity index (χ4v) is 11.9. The van der Waals surface area contributed by atoms with Crippen LogP contribution in [0.1, 0.15) is 10.4 Å². The van der Waals surface area contributed by atoms with E-state index in [9.17, 15) is 18.3 Å². The van der Waals surface area contributed by atoms with E-state index in [4.69, 9.17) is 0 Å². The molecule has 4 aromatic rings. The van der Waals surface area contributed by atoms with Gasteiger partial charge in [0.15, 0.2) is 0 Å². The molecule has 0 saturated heterocycles. The van der Waals surface area contributed by atoms with Crippen molar-refractivity contribution in [2.75, 3.05) is 0 Å². The SMILES string of the molecule is O=C([O-])c1cccc2ccccc12.O=S1(=O)c2cccc[c]2[Bi+][c]2ccccc21. The summed E-state index contributed by atoms with van der Waals surface area (Å²) in [6.45, 7) is 0. The first-order chi connectivity index (χ1) is 14.0. The molecule has 2 radical (unpaired) electrons. The maximum atomic E-state index is 12.3. The summed E-state index contributed by atoms with van der Waals surface area (Å²) >= 11 is -1.05. The molecule has 0 atom stereocenters. The van der Waals surface area contributed by atoms with Crippen molar-refractivity contribution in [2.24, 2.45) is 0 Å². The molecule has 0 spiro atoms. The number of aromatic carboxylic acids is 1. The molecule has 1 heterocycles. The van der Waals surface area contributed by atoms with Gasteiger partial charge in [-0.05, 0) is 10.8 Å². The van der Waals surface area contributed by atoms with E-state index in [0.717, 1.165) is 17.3 Å². The average Bonchev–Trinajstić information content (AvgIpc) is 2.74. The summed E-state index contributed by atoms with van der Waals surface area (Å²) < 4.78 is 26.8. The van der Waals surface area contributed by atoms with Gasteiger partial charge in [-0.15, -0.1) is 0 Å². The number of hydrogen-bond donors (Lipinski definition) is 0. The number of hydrogen-bond acceptors (Lipinski definition) is 4. The monoisotopic (exact) mass is 596 g/mol. The van der Waals surface area contributed by atoms with E-state index in [0.29, 0.717) is 9.79 Å². The van der Waals surface area contributed by atoms with Crippen LogP contribution in [0, 0.1) is 0 Å². The Balaban J connectivity index is 0.000000145. The molecule has 5 rings (SSSR count). The van der Waals surface area contributed by atoms with Gasteiger partial charge in [-0.2, -0.15) is 0 Å². The van der Waals surface area contributed by atoms with Crippen LogP contribution >= 0.6 is 0 Å². The van der Waals surface area contributed by atoms with Crippen molar-refractivity contribution in [3.8, 4) is 0 Å². The number of rotatable bonds is 1. The zero-order valence-corrected chi connectivity index (χ0v) is 19.4. The van der Waals surface area contributed by atoms with E-state index in [-0.39, 0.29) is 5.56 Å². The Morgan fingerprint density at radius 2 is 1.21 bits per heavy atom. The van der Waals surface area contributed by atoms with Crippen LogP contribution in [0.2, 0.25) is 0 Å². The Kier molecular flexibility index (Phi) is 5.48. The van der Waals surface area contributed by atoms with Gasteiger partial charge in [-0.1, -0.05) is 42.5 Å². The van der Waals surface area contributed by atoms with Gasteiger partial charge >= 0.3 is 106 Å². The fourth-order valence-electron chi connectivity index (χ4n) is 3.21. The van der Waals surface area contributed by atoms with Crippen LogP contribution in [0.3, 0.4) is 0 Å². The number of carboxylic acids is 1. The van der Waals surface area contributed by atoms with Crippen molar-refractivity contribution in [1.29, 1.82) is 0 Å². The maximum absolute atomic E-state index is 12.3. The topological polar surface area (TPSA) is 74.3 Å². The number of carboxylic acid groups (broad SMARTS) is 1. The minimum atomic E-state index is -3.26. The third kappa shape index (κ3) is 3.83. The van der Waals surface area contributed by atoms with Crippen LogP contribution in [0.5, 0.6) is 0 Å². The number of sulfone groups is 1. The van der Waals surface area contributed by atoms with Crippen molar-refractivity contribution in [3.63, 3.8) is 0 Å². The Morgan fingerprint density at radius 3 is 1.83 bits per heavy atom. The summed E-state index contributed by atoms with van der Waals surface area (Å²) in [7, 11) is -3.26. The molecule has 0 aromatic heterocycles. The summed E-state index contributed by atoms with van der Waals surface area (Å²) in [5.74, 6) is -1.13. The summed E-state index contributed by atoms with van der Waals surface area (Å²) in [4.78, 5) is 11.8. The Bertz CT molecular complexity index is 1270. The molecule has 0 bridgehead atoms. The summed E-state index contributed by atoms with van der Waals surface area (Å²) in [5, 5.41) is 12.4. The molecule has 1 aliphatic rings. The molecule has 0 fully saturated rings. The molecule has 0 amide bonds. The second-order valence-electron chi connectivity index (χ2n) is 6.36. The van der Waals surface area contributed by atoms with Crippen molar-refractivity contribution in [2.45, 2.75) is 9.79 Å². The van der Waals surface area contributed by atoms with E-state index in [1.165, 1.54) is 0 Å². The van der Waals surface area contributed by atoms with Crippen LogP contribution in [0.4, 0.5) is 0 Å². The fraction of sp³-hybridized carbons (Fsp3) is 0. The van der Waals surface area contributed by atoms with Gasteiger partial charge in [-0.3, -0.25) is 0 Å². The van der Waals surface area contributed by atoms with Gasteiger partial charge in [0.05, 0.1) is 5.97 Å². The normalized spacial score (nSPS) is 13.5. The standard InChI is InChI=1S/C12H8O2S.C11H8O2.Bi/c13-15(14,11-7-3-1-4-8-11)12-9-5-2-6-10-12;12-11(13)10-7-3-5-8-4-1-2-6-9(8)10;/h1-7,9H;1-7H,(H,12,13);/q;;+1/p-1. The molecule has 4 nitrogen and oxygen atoms in total. The van der Waals surface area contributed by atoms with Crippen LogP contribution in [0.25, 0.3) is 10.8 Å². The second kappa shape index (κ2) is 8.05. The van der Waals surface area contributed by atoms with Crippen molar-refractivity contribution < 1.29 is 18.3 Å². The van der Waals surface area contributed by atoms with Crippen LogP contribution in [-0.2, 0) is 9.84 Å². The van der Waals surface area contributed by atoms with Gasteiger partial charge < -0.3 is 9.90 Å². The zero-order chi connectivity index (χ0) is 20.4. The Morgan fingerprint density at radius 1 is 0.690 bits per heavy atom. The molecular weight excluding hydrogens is 581 g/mol. The average molecular weight is 596 g/mol. The van der Waals surface area contributed by atoms with E-state index in [2.05, 4.69) is 0 Å². The molecular formula is C23H15BiO4S. The Hall–Kier alpha value is -2.56. The zero-order valence-electron chi connectivity index (χ0n) is 15.1. The number of carbonyl (C=O) groups excluding carboxylic acids is 1. The van der Waals surface area contributed by atoms with Crippen LogP contribution in [0.15, 0.2) is 101 Å². The summed E-state index contributed by atoms with van der Waals surface area (Å²) in [5.41, 5.74) is 0.248. The van der Waals surface area contributed by atoms with E-state index >= 15 is 0 Å². The molecule has 29 heavy (non-hydrogen) atoms. The third-order valence-electron chi connectivity index (χ3n) is 4.56. The third-order valence-corrected chi connectivity index (χ3v) is 12.6. The first kappa shape index (κ1) is 19.7. The van der Waals surface area contributed by atoms with Crippen molar-refractivity contribution >= 4 is 56.4 Å². The summed E-state index contributed by atoms with van der Waals surface area (Å²) in [6.07, 6.45) is 0. The van der Waals surface area contributed by atoms with Gasteiger partial charge in [0.25, 0.3) is 0 Å². The first-order valence-corrected chi connectivity index (χ1v) is 13.8. The predicted octanol–water partition coefficient (Wildman–Crippen LogP) is 1.69. The summed E-state index contributed by atoms with van der Waals surface area (Å²) in [6, 6.07) is 27.3. The quantitative estimate of drug-likeness (QED) is 0.277. The molecule has 0 unspecified atom stereocenters.